The molecule has 1 aromatic carbocycles. The van der Waals surface area contributed by atoms with Gasteiger partial charge in [-0.25, -0.2) is 14.2 Å². The van der Waals surface area contributed by atoms with Gasteiger partial charge in [0, 0.05) is 11.8 Å². The Morgan fingerprint density at radius 3 is 2.47 bits per heavy atom. The molecular formula is C11H5F4NO2S. The van der Waals surface area contributed by atoms with Crippen LogP contribution < -0.4 is 0 Å². The van der Waals surface area contributed by atoms with Gasteiger partial charge in [0.2, 0.25) is 0 Å². The largest absolute Gasteiger partial charge is 0.478 e. The maximum atomic E-state index is 13.6. The van der Waals surface area contributed by atoms with Gasteiger partial charge >= 0.3 is 12.1 Å². The number of rotatable bonds is 2. The molecule has 1 N–H and O–H groups in total. The van der Waals surface area contributed by atoms with Gasteiger partial charge in [0.25, 0.3) is 0 Å². The van der Waals surface area contributed by atoms with Gasteiger partial charge in [0.05, 0.1) is 10.4 Å². The number of hydrogen-bond acceptors (Lipinski definition) is 3. The third-order valence-electron chi connectivity index (χ3n) is 2.23. The predicted octanol–water partition coefficient (Wildman–Crippen LogP) is 3.67. The Morgan fingerprint density at radius 2 is 2.00 bits per heavy atom. The molecule has 0 saturated heterocycles. The minimum Gasteiger partial charge on any atom is -0.478 e. The molecule has 8 heteroatoms. The van der Waals surface area contributed by atoms with Crippen LogP contribution in [0.1, 0.15) is 15.4 Å². The summed E-state index contributed by atoms with van der Waals surface area (Å²) in [6.07, 6.45) is -3.67. The molecule has 0 unspecified atom stereocenters. The van der Waals surface area contributed by atoms with Gasteiger partial charge in [-0.15, -0.1) is 11.3 Å². The summed E-state index contributed by atoms with van der Waals surface area (Å²) in [6, 6.07) is 2.99. The smallest absolute Gasteiger partial charge is 0.443 e. The molecule has 0 aliphatic rings. The fraction of sp³-hybridized carbons (Fsp3) is 0.0909. The van der Waals surface area contributed by atoms with Gasteiger partial charge in [0.1, 0.15) is 5.82 Å². The highest BCUT2D eigenvalue weighted by Gasteiger charge is 2.34. The number of alkyl halides is 3. The first kappa shape index (κ1) is 13.5. The number of nitrogens with zero attached hydrogens (tertiary/aromatic N) is 1. The summed E-state index contributed by atoms with van der Waals surface area (Å²) in [5, 5.41) is 7.58. The molecular weight excluding hydrogens is 286 g/mol. The molecule has 0 aliphatic heterocycles. The van der Waals surface area contributed by atoms with Crippen LogP contribution in [0.4, 0.5) is 17.6 Å². The lowest BCUT2D eigenvalue weighted by Gasteiger charge is -2.01. The van der Waals surface area contributed by atoms with Crippen molar-refractivity contribution in [2.45, 2.75) is 6.18 Å². The maximum absolute atomic E-state index is 13.6. The normalized spacial score (nSPS) is 11.6. The van der Waals surface area contributed by atoms with Gasteiger partial charge in [-0.05, 0) is 18.2 Å². The lowest BCUT2D eigenvalue weighted by atomic mass is 10.1. The molecule has 0 fully saturated rings. The molecule has 0 saturated carbocycles. The minimum absolute atomic E-state index is 0.0123. The van der Waals surface area contributed by atoms with E-state index in [0.717, 1.165) is 24.4 Å². The van der Waals surface area contributed by atoms with Crippen molar-refractivity contribution in [2.24, 2.45) is 0 Å². The van der Waals surface area contributed by atoms with E-state index in [1.54, 1.807) is 0 Å². The first-order valence-electron chi connectivity index (χ1n) is 4.85. The second-order valence-electron chi connectivity index (χ2n) is 3.53. The first-order valence-corrected chi connectivity index (χ1v) is 5.67. The van der Waals surface area contributed by atoms with E-state index in [4.69, 9.17) is 5.11 Å². The van der Waals surface area contributed by atoms with Crippen molar-refractivity contribution in [3.05, 3.63) is 40.8 Å². The summed E-state index contributed by atoms with van der Waals surface area (Å²) in [5.74, 6) is -2.22. The standard InChI is InChI=1S/C11H5F4NO2S/c12-7-3-5(9(17)18)1-2-6(7)8-4-16-10(19-8)11(13,14)15/h1-4H,(H,17,18). The van der Waals surface area contributed by atoms with Crippen molar-refractivity contribution in [1.29, 1.82) is 0 Å². The molecule has 0 amide bonds. The van der Waals surface area contributed by atoms with E-state index in [-0.39, 0.29) is 16.0 Å². The molecule has 0 aliphatic carbocycles. The summed E-state index contributed by atoms with van der Waals surface area (Å²) in [5.41, 5.74) is -0.389. The van der Waals surface area contributed by atoms with Crippen LogP contribution in [0, 0.1) is 5.82 Å². The average Bonchev–Trinajstić information content (AvgIpc) is 2.77. The Hall–Kier alpha value is -1.96. The summed E-state index contributed by atoms with van der Waals surface area (Å²) in [6.45, 7) is 0. The van der Waals surface area contributed by atoms with Crippen molar-refractivity contribution < 1.29 is 27.5 Å². The Morgan fingerprint density at radius 1 is 1.32 bits per heavy atom. The summed E-state index contributed by atoms with van der Waals surface area (Å²) >= 11 is 0.298. The average molecular weight is 291 g/mol. The predicted molar refractivity (Wildman–Crippen MR) is 59.5 cm³/mol. The lowest BCUT2D eigenvalue weighted by Crippen LogP contribution is -2.02. The van der Waals surface area contributed by atoms with E-state index in [9.17, 15) is 22.4 Å². The fourth-order valence-electron chi connectivity index (χ4n) is 1.38. The molecule has 1 heterocycles. The SMILES string of the molecule is O=C(O)c1ccc(-c2cnc(C(F)(F)F)s2)c(F)c1. The highest BCUT2D eigenvalue weighted by Crippen LogP contribution is 2.37. The number of aromatic nitrogens is 1. The van der Waals surface area contributed by atoms with Crippen LogP contribution in [0.25, 0.3) is 10.4 Å². The van der Waals surface area contributed by atoms with E-state index >= 15 is 0 Å². The Kier molecular flexibility index (Phi) is 3.27. The van der Waals surface area contributed by atoms with E-state index in [2.05, 4.69) is 4.98 Å². The quantitative estimate of drug-likeness (QED) is 0.859. The van der Waals surface area contributed by atoms with Gasteiger partial charge in [-0.1, -0.05) is 0 Å². The van der Waals surface area contributed by atoms with Crippen LogP contribution in [0.15, 0.2) is 24.4 Å². The molecule has 2 rings (SSSR count). The monoisotopic (exact) mass is 291 g/mol. The van der Waals surface area contributed by atoms with E-state index in [1.165, 1.54) is 0 Å². The molecule has 0 spiro atoms. The number of carboxylic acid groups (broad SMARTS) is 1. The van der Waals surface area contributed by atoms with E-state index in [0.29, 0.717) is 11.3 Å². The molecule has 0 bridgehead atoms. The van der Waals surface area contributed by atoms with Crippen LogP contribution in [0.3, 0.4) is 0 Å². The van der Waals surface area contributed by atoms with Gasteiger partial charge in [-0.2, -0.15) is 13.2 Å². The van der Waals surface area contributed by atoms with Gasteiger partial charge in [-0.3, -0.25) is 0 Å². The summed E-state index contributed by atoms with van der Waals surface area (Å²) in [4.78, 5) is 13.8. The van der Waals surface area contributed by atoms with Crippen LogP contribution in [-0.4, -0.2) is 16.1 Å². The molecule has 100 valence electrons. The van der Waals surface area contributed by atoms with E-state index < -0.39 is 23.0 Å². The van der Waals surface area contributed by atoms with Crippen molar-refractivity contribution >= 4 is 17.3 Å². The van der Waals surface area contributed by atoms with Crippen LogP contribution in [0.2, 0.25) is 0 Å². The summed E-state index contributed by atoms with van der Waals surface area (Å²) in [7, 11) is 0. The Balaban J connectivity index is 2.43. The second kappa shape index (κ2) is 4.61. The maximum Gasteiger partial charge on any atom is 0.443 e. The number of benzene rings is 1. The molecule has 0 atom stereocenters. The molecule has 19 heavy (non-hydrogen) atoms. The van der Waals surface area contributed by atoms with Crippen molar-refractivity contribution in [3.8, 4) is 10.4 Å². The number of thiazole rings is 1. The zero-order chi connectivity index (χ0) is 14.2. The fourth-order valence-corrected chi connectivity index (χ4v) is 2.19. The third kappa shape index (κ3) is 2.73. The van der Waals surface area contributed by atoms with Crippen LogP contribution in [0.5, 0.6) is 0 Å². The lowest BCUT2D eigenvalue weighted by molar-refractivity contribution is -0.137. The van der Waals surface area contributed by atoms with E-state index in [1.807, 2.05) is 0 Å². The topological polar surface area (TPSA) is 50.2 Å². The van der Waals surface area contributed by atoms with Crippen molar-refractivity contribution in [3.63, 3.8) is 0 Å². The summed E-state index contributed by atoms with van der Waals surface area (Å²) < 4.78 is 50.7. The van der Waals surface area contributed by atoms with Crippen molar-refractivity contribution in [1.82, 2.24) is 4.98 Å². The number of hydrogen-bond donors (Lipinski definition) is 1. The molecule has 1 aromatic heterocycles. The number of carboxylic acids is 1. The highest BCUT2D eigenvalue weighted by molar-refractivity contribution is 7.15. The van der Waals surface area contributed by atoms with Crippen LogP contribution >= 0.6 is 11.3 Å². The molecule has 2 aromatic rings. The Bertz CT molecular complexity index is 636. The van der Waals surface area contributed by atoms with Gasteiger partial charge < -0.3 is 5.11 Å². The highest BCUT2D eigenvalue weighted by atomic mass is 32.1. The minimum atomic E-state index is -4.58. The molecule has 3 nitrogen and oxygen atoms in total. The number of aromatic carboxylic acids is 1. The van der Waals surface area contributed by atoms with Gasteiger partial charge in [0.15, 0.2) is 5.01 Å². The third-order valence-corrected chi connectivity index (χ3v) is 3.31. The first-order chi connectivity index (χ1) is 8.79. The zero-order valence-corrected chi connectivity index (χ0v) is 9.85. The Labute approximate surface area is 108 Å². The van der Waals surface area contributed by atoms with Crippen LogP contribution in [-0.2, 0) is 6.18 Å². The number of halogens is 4. The van der Waals surface area contributed by atoms with Crippen molar-refractivity contribution in [2.75, 3.05) is 0 Å². The molecule has 0 radical (unpaired) electrons. The second-order valence-corrected chi connectivity index (χ2v) is 4.56. The zero-order valence-electron chi connectivity index (χ0n) is 9.03. The number of carbonyl (C=O) groups is 1.